The van der Waals surface area contributed by atoms with E-state index in [1.165, 1.54) is 0 Å². The molecule has 1 N–H and O–H groups in total. The Kier molecular flexibility index (Phi) is 6.50. The van der Waals surface area contributed by atoms with Crippen LogP contribution in [-0.2, 0) is 4.79 Å². The number of amides is 2. The van der Waals surface area contributed by atoms with Gasteiger partial charge in [0.05, 0.1) is 10.6 Å². The summed E-state index contributed by atoms with van der Waals surface area (Å²) in [7, 11) is 0. The van der Waals surface area contributed by atoms with Gasteiger partial charge in [0.2, 0.25) is 5.91 Å². The van der Waals surface area contributed by atoms with E-state index in [2.05, 4.69) is 19.2 Å². The molecule has 4 nitrogen and oxygen atoms in total. The van der Waals surface area contributed by atoms with Gasteiger partial charge in [-0.25, -0.2) is 0 Å². The normalized spacial score (nSPS) is 20.7. The third kappa shape index (κ3) is 4.33. The number of benzene rings is 1. The molecule has 2 heterocycles. The van der Waals surface area contributed by atoms with Crippen LogP contribution >= 0.6 is 34.7 Å². The molecule has 1 aromatic carbocycles. The van der Waals surface area contributed by atoms with Gasteiger partial charge in [-0.3, -0.25) is 9.59 Å². The van der Waals surface area contributed by atoms with Crippen LogP contribution in [0.4, 0.5) is 0 Å². The fraction of sp³-hybridized carbons (Fsp3) is 0.400. The van der Waals surface area contributed by atoms with Gasteiger partial charge >= 0.3 is 0 Å². The number of hydrogen-bond acceptors (Lipinski definition) is 4. The van der Waals surface area contributed by atoms with Crippen LogP contribution < -0.4 is 5.32 Å². The van der Waals surface area contributed by atoms with E-state index in [0.717, 1.165) is 4.88 Å². The lowest BCUT2D eigenvalue weighted by Gasteiger charge is -2.30. The van der Waals surface area contributed by atoms with E-state index in [4.69, 9.17) is 11.6 Å². The molecule has 0 aliphatic carbocycles. The Hall–Kier alpha value is -1.50. The highest BCUT2D eigenvalue weighted by Gasteiger charge is 2.43. The first kappa shape index (κ1) is 20.2. The van der Waals surface area contributed by atoms with Crippen LogP contribution in [0.2, 0.25) is 5.02 Å². The highest BCUT2D eigenvalue weighted by atomic mass is 35.5. The molecule has 1 aromatic heterocycles. The van der Waals surface area contributed by atoms with Gasteiger partial charge in [0.25, 0.3) is 5.91 Å². The number of hydrogen-bond donors (Lipinski definition) is 1. The molecule has 0 saturated carbocycles. The van der Waals surface area contributed by atoms with E-state index in [1.54, 1.807) is 52.3 Å². The molecule has 2 amide bonds. The standard InChI is InChI=1S/C20H23ClN2O2S2/c1-12(2)13(3)22-18(24)16-11-27-20(17-9-6-10-26-17)23(16)19(25)14-7-4-5-8-15(14)21/h4-10,12-13,16,20H,11H2,1-3H3,(H,22,24)/t13-,16-,20+/m0/s1. The quantitative estimate of drug-likeness (QED) is 0.751. The van der Waals surface area contributed by atoms with Gasteiger partial charge in [-0.2, -0.15) is 0 Å². The summed E-state index contributed by atoms with van der Waals surface area (Å²) in [6.45, 7) is 6.12. The number of nitrogens with zero attached hydrogens (tertiary/aromatic N) is 1. The fourth-order valence-electron chi connectivity index (χ4n) is 2.87. The highest BCUT2D eigenvalue weighted by molar-refractivity contribution is 7.99. The molecule has 1 aliphatic heterocycles. The van der Waals surface area contributed by atoms with Gasteiger partial charge in [0.1, 0.15) is 11.4 Å². The van der Waals surface area contributed by atoms with Crippen molar-refractivity contribution >= 4 is 46.5 Å². The Morgan fingerprint density at radius 1 is 1.19 bits per heavy atom. The number of carbonyl (C=O) groups is 2. The SMILES string of the molecule is CC(C)[C@H](C)NC(=O)[C@@H]1CS[C@H](c2cccs2)N1C(=O)c1ccccc1Cl. The Bertz CT molecular complexity index is 810. The number of nitrogens with one attached hydrogen (secondary N) is 1. The van der Waals surface area contributed by atoms with Crippen LogP contribution in [0.25, 0.3) is 0 Å². The molecule has 3 rings (SSSR count). The first-order valence-electron chi connectivity index (χ1n) is 8.92. The summed E-state index contributed by atoms with van der Waals surface area (Å²) >= 11 is 9.49. The molecular formula is C20H23ClN2O2S2. The van der Waals surface area contributed by atoms with Crippen molar-refractivity contribution in [3.63, 3.8) is 0 Å². The molecule has 3 atom stereocenters. The predicted molar refractivity (Wildman–Crippen MR) is 113 cm³/mol. The zero-order chi connectivity index (χ0) is 19.6. The van der Waals surface area contributed by atoms with E-state index in [9.17, 15) is 9.59 Å². The molecule has 0 radical (unpaired) electrons. The maximum atomic E-state index is 13.4. The summed E-state index contributed by atoms with van der Waals surface area (Å²) in [6.07, 6.45) is 0. The zero-order valence-corrected chi connectivity index (χ0v) is 17.9. The van der Waals surface area contributed by atoms with Crippen molar-refractivity contribution in [1.82, 2.24) is 10.2 Å². The summed E-state index contributed by atoms with van der Waals surface area (Å²) < 4.78 is 0. The molecule has 2 aromatic rings. The Morgan fingerprint density at radius 3 is 2.56 bits per heavy atom. The monoisotopic (exact) mass is 422 g/mol. The van der Waals surface area contributed by atoms with Gasteiger partial charge < -0.3 is 10.2 Å². The third-order valence-corrected chi connectivity index (χ3v) is 7.51. The number of thiophene rings is 1. The third-order valence-electron chi connectivity index (χ3n) is 4.80. The van der Waals surface area contributed by atoms with Gasteiger partial charge in [0, 0.05) is 16.7 Å². The minimum atomic E-state index is -0.521. The molecule has 7 heteroatoms. The minimum absolute atomic E-state index is 0.0422. The molecule has 0 unspecified atom stereocenters. The summed E-state index contributed by atoms with van der Waals surface area (Å²) in [5.74, 6) is 0.573. The average Bonchev–Trinajstić information content (AvgIpc) is 3.30. The van der Waals surface area contributed by atoms with Crippen molar-refractivity contribution in [2.75, 3.05) is 5.75 Å². The molecule has 0 spiro atoms. The molecule has 0 bridgehead atoms. The Labute approximate surface area is 173 Å². The van der Waals surface area contributed by atoms with Gasteiger partial charge in [-0.1, -0.05) is 43.6 Å². The maximum Gasteiger partial charge on any atom is 0.257 e. The summed E-state index contributed by atoms with van der Waals surface area (Å²) in [4.78, 5) is 29.1. The summed E-state index contributed by atoms with van der Waals surface area (Å²) in [6, 6.07) is 10.5. The molecule has 1 aliphatic rings. The lowest BCUT2D eigenvalue weighted by molar-refractivity contribution is -0.125. The van der Waals surface area contributed by atoms with E-state index in [1.807, 2.05) is 24.4 Å². The van der Waals surface area contributed by atoms with Gasteiger partial charge in [0.15, 0.2) is 0 Å². The zero-order valence-electron chi connectivity index (χ0n) is 15.5. The summed E-state index contributed by atoms with van der Waals surface area (Å²) in [5.41, 5.74) is 0.429. The molecule has 27 heavy (non-hydrogen) atoms. The van der Waals surface area contributed by atoms with Crippen molar-refractivity contribution in [3.8, 4) is 0 Å². The van der Waals surface area contributed by atoms with Crippen molar-refractivity contribution in [2.45, 2.75) is 38.2 Å². The second-order valence-electron chi connectivity index (χ2n) is 6.95. The number of halogens is 1. The van der Waals surface area contributed by atoms with E-state index < -0.39 is 6.04 Å². The van der Waals surface area contributed by atoms with Crippen LogP contribution in [0.5, 0.6) is 0 Å². The van der Waals surface area contributed by atoms with Crippen LogP contribution in [0, 0.1) is 5.92 Å². The number of carbonyl (C=O) groups excluding carboxylic acids is 2. The van der Waals surface area contributed by atoms with Crippen LogP contribution in [0.3, 0.4) is 0 Å². The number of thioether (sulfide) groups is 1. The topological polar surface area (TPSA) is 49.4 Å². The van der Waals surface area contributed by atoms with Crippen LogP contribution in [0.15, 0.2) is 41.8 Å². The smallest absolute Gasteiger partial charge is 0.257 e. The van der Waals surface area contributed by atoms with Crippen molar-refractivity contribution in [2.24, 2.45) is 5.92 Å². The first-order valence-corrected chi connectivity index (χ1v) is 11.2. The first-order chi connectivity index (χ1) is 12.9. The maximum absolute atomic E-state index is 13.4. The van der Waals surface area contributed by atoms with Crippen molar-refractivity contribution in [1.29, 1.82) is 0 Å². The van der Waals surface area contributed by atoms with Crippen LogP contribution in [0.1, 0.15) is 41.4 Å². The van der Waals surface area contributed by atoms with E-state index in [0.29, 0.717) is 22.3 Å². The predicted octanol–water partition coefficient (Wildman–Crippen LogP) is 4.82. The lowest BCUT2D eigenvalue weighted by Crippen LogP contribution is -2.50. The summed E-state index contributed by atoms with van der Waals surface area (Å²) in [5, 5.41) is 5.27. The fourth-order valence-corrected chi connectivity index (χ4v) is 5.48. The Balaban J connectivity index is 1.92. The van der Waals surface area contributed by atoms with Crippen LogP contribution in [-0.4, -0.2) is 34.6 Å². The van der Waals surface area contributed by atoms with Gasteiger partial charge in [-0.05, 0) is 36.4 Å². The molecule has 1 saturated heterocycles. The second-order valence-corrected chi connectivity index (χ2v) is 9.45. The van der Waals surface area contributed by atoms with E-state index in [-0.39, 0.29) is 23.2 Å². The average molecular weight is 423 g/mol. The molecule has 144 valence electrons. The lowest BCUT2D eigenvalue weighted by atomic mass is 10.1. The molecule has 1 fully saturated rings. The minimum Gasteiger partial charge on any atom is -0.352 e. The molecular weight excluding hydrogens is 400 g/mol. The highest BCUT2D eigenvalue weighted by Crippen LogP contribution is 2.44. The largest absolute Gasteiger partial charge is 0.352 e. The van der Waals surface area contributed by atoms with E-state index >= 15 is 0 Å². The van der Waals surface area contributed by atoms with Crippen molar-refractivity contribution in [3.05, 3.63) is 57.2 Å². The van der Waals surface area contributed by atoms with Crippen molar-refractivity contribution < 1.29 is 9.59 Å². The number of rotatable bonds is 5. The van der Waals surface area contributed by atoms with Gasteiger partial charge in [-0.15, -0.1) is 23.1 Å². The second kappa shape index (κ2) is 8.67. The Morgan fingerprint density at radius 2 is 1.93 bits per heavy atom.